The Morgan fingerprint density at radius 3 is 2.71 bits per heavy atom. The van der Waals surface area contributed by atoms with Crippen LogP contribution < -0.4 is 10.5 Å². The molecule has 21 heavy (non-hydrogen) atoms. The lowest BCUT2D eigenvalue weighted by molar-refractivity contribution is -0.274. The second-order valence-electron chi connectivity index (χ2n) is 3.84. The second-order valence-corrected chi connectivity index (χ2v) is 3.84. The lowest BCUT2D eigenvalue weighted by Crippen LogP contribution is -2.17. The molecule has 1 aromatic carbocycles. The van der Waals surface area contributed by atoms with E-state index in [1.807, 2.05) is 0 Å². The number of hydrogen-bond donors (Lipinski definition) is 1. The Kier molecular flexibility index (Phi) is 3.74. The lowest BCUT2D eigenvalue weighted by Gasteiger charge is -2.09. The first-order valence-electron chi connectivity index (χ1n) is 5.51. The molecule has 0 amide bonds. The van der Waals surface area contributed by atoms with Gasteiger partial charge in [-0.15, -0.1) is 13.2 Å². The number of rotatable bonds is 3. The molecule has 0 saturated carbocycles. The van der Waals surface area contributed by atoms with Gasteiger partial charge in [0.25, 0.3) is 0 Å². The predicted molar refractivity (Wildman–Crippen MR) is 64.4 cm³/mol. The van der Waals surface area contributed by atoms with Crippen LogP contribution in [0.25, 0.3) is 11.3 Å². The van der Waals surface area contributed by atoms with Crippen molar-refractivity contribution in [3.05, 3.63) is 29.8 Å². The smallest absolute Gasteiger partial charge is 0.465 e. The Balaban J connectivity index is 2.44. The van der Waals surface area contributed by atoms with Gasteiger partial charge in [-0.05, 0) is 12.1 Å². The van der Waals surface area contributed by atoms with Crippen molar-refractivity contribution in [3.8, 4) is 17.0 Å². The van der Waals surface area contributed by atoms with Gasteiger partial charge in [0.2, 0.25) is 5.88 Å². The Labute approximate surface area is 116 Å². The van der Waals surface area contributed by atoms with Crippen LogP contribution >= 0.6 is 0 Å². The molecular formula is C12H9F3N2O4. The summed E-state index contributed by atoms with van der Waals surface area (Å²) < 4.78 is 49.6. The van der Waals surface area contributed by atoms with Gasteiger partial charge < -0.3 is 19.7 Å². The van der Waals surface area contributed by atoms with E-state index < -0.39 is 18.1 Å². The van der Waals surface area contributed by atoms with Gasteiger partial charge in [-0.1, -0.05) is 17.3 Å². The van der Waals surface area contributed by atoms with E-state index in [4.69, 9.17) is 5.73 Å². The predicted octanol–water partition coefficient (Wildman–Crippen LogP) is 2.61. The molecule has 2 rings (SSSR count). The van der Waals surface area contributed by atoms with Gasteiger partial charge in [-0.2, -0.15) is 0 Å². The molecule has 0 spiro atoms. The van der Waals surface area contributed by atoms with Gasteiger partial charge in [0.15, 0.2) is 5.56 Å². The fraction of sp³-hybridized carbons (Fsp3) is 0.167. The quantitative estimate of drug-likeness (QED) is 0.877. The zero-order chi connectivity index (χ0) is 15.6. The maximum Gasteiger partial charge on any atom is 0.573 e. The fourth-order valence-electron chi connectivity index (χ4n) is 1.64. The lowest BCUT2D eigenvalue weighted by atomic mass is 10.1. The van der Waals surface area contributed by atoms with Gasteiger partial charge in [-0.25, -0.2) is 4.79 Å². The summed E-state index contributed by atoms with van der Waals surface area (Å²) in [5.41, 5.74) is 5.42. The van der Waals surface area contributed by atoms with Gasteiger partial charge in [-0.3, -0.25) is 0 Å². The largest absolute Gasteiger partial charge is 0.573 e. The number of aromatic nitrogens is 1. The Hall–Kier alpha value is -2.71. The van der Waals surface area contributed by atoms with E-state index in [1.54, 1.807) is 0 Å². The number of nitrogens with zero attached hydrogens (tertiary/aromatic N) is 1. The zero-order valence-electron chi connectivity index (χ0n) is 10.6. The van der Waals surface area contributed by atoms with Crippen LogP contribution in [0.15, 0.2) is 28.8 Å². The summed E-state index contributed by atoms with van der Waals surface area (Å²) in [4.78, 5) is 11.6. The van der Waals surface area contributed by atoms with Gasteiger partial charge in [0.05, 0.1) is 7.11 Å². The number of carbonyl (C=O) groups is 1. The standard InChI is InChI=1S/C12H9F3N2O4/c1-19-11(18)8-9(17-21-10(8)16)6-3-2-4-7(5-6)20-12(13,14)15/h2-5H,16H2,1H3. The van der Waals surface area contributed by atoms with Crippen molar-refractivity contribution in [1.82, 2.24) is 5.16 Å². The molecule has 1 heterocycles. The maximum absolute atomic E-state index is 12.2. The second kappa shape index (κ2) is 5.35. The number of nitrogens with two attached hydrogens (primary N) is 1. The first-order valence-corrected chi connectivity index (χ1v) is 5.51. The summed E-state index contributed by atoms with van der Waals surface area (Å²) >= 11 is 0. The van der Waals surface area contributed by atoms with Crippen molar-refractivity contribution in [2.24, 2.45) is 0 Å². The normalized spacial score (nSPS) is 11.2. The van der Waals surface area contributed by atoms with Gasteiger partial charge in [0.1, 0.15) is 11.4 Å². The Morgan fingerprint density at radius 1 is 1.38 bits per heavy atom. The number of benzene rings is 1. The molecule has 0 saturated heterocycles. The van der Waals surface area contributed by atoms with E-state index in [9.17, 15) is 18.0 Å². The van der Waals surface area contributed by atoms with Crippen LogP contribution in [0.2, 0.25) is 0 Å². The summed E-state index contributed by atoms with van der Waals surface area (Å²) in [6.45, 7) is 0. The van der Waals surface area contributed by atoms with E-state index in [1.165, 1.54) is 12.1 Å². The Bertz CT molecular complexity index is 667. The van der Waals surface area contributed by atoms with Gasteiger partial charge in [0, 0.05) is 5.56 Å². The molecule has 0 bridgehead atoms. The maximum atomic E-state index is 12.2. The highest BCUT2D eigenvalue weighted by Crippen LogP contribution is 2.31. The minimum atomic E-state index is -4.83. The molecule has 0 aliphatic rings. The van der Waals surface area contributed by atoms with E-state index in [-0.39, 0.29) is 22.7 Å². The number of ether oxygens (including phenoxy) is 2. The summed E-state index contributed by atoms with van der Waals surface area (Å²) in [5.74, 6) is -1.57. The third-order valence-electron chi connectivity index (χ3n) is 2.45. The molecule has 2 N–H and O–H groups in total. The van der Waals surface area contributed by atoms with Crippen molar-refractivity contribution in [3.63, 3.8) is 0 Å². The van der Waals surface area contributed by atoms with Crippen molar-refractivity contribution in [2.45, 2.75) is 6.36 Å². The minimum Gasteiger partial charge on any atom is -0.465 e. The minimum absolute atomic E-state index is 0.0352. The number of alkyl halides is 3. The van der Waals surface area contributed by atoms with E-state index >= 15 is 0 Å². The van der Waals surface area contributed by atoms with E-state index in [0.29, 0.717) is 0 Å². The molecule has 0 unspecified atom stereocenters. The number of carbonyl (C=O) groups excluding carboxylic acids is 1. The first kappa shape index (κ1) is 14.7. The molecule has 0 aliphatic carbocycles. The molecule has 0 aliphatic heterocycles. The van der Waals surface area contributed by atoms with Crippen LogP contribution in [-0.2, 0) is 4.74 Å². The van der Waals surface area contributed by atoms with Crippen LogP contribution in [-0.4, -0.2) is 24.6 Å². The molecule has 2 aromatic rings. The number of nitrogen functional groups attached to an aromatic ring is 1. The molecule has 0 fully saturated rings. The van der Waals surface area contributed by atoms with Crippen LogP contribution in [0.1, 0.15) is 10.4 Å². The van der Waals surface area contributed by atoms with Crippen molar-refractivity contribution < 1.29 is 32.0 Å². The molecular weight excluding hydrogens is 293 g/mol. The summed E-state index contributed by atoms with van der Waals surface area (Å²) in [6.07, 6.45) is -4.83. The van der Waals surface area contributed by atoms with Crippen LogP contribution in [0.3, 0.4) is 0 Å². The molecule has 0 atom stereocenters. The monoisotopic (exact) mass is 302 g/mol. The molecule has 0 radical (unpaired) electrons. The third kappa shape index (κ3) is 3.25. The number of hydrogen-bond acceptors (Lipinski definition) is 6. The SMILES string of the molecule is COC(=O)c1c(-c2cccc(OC(F)(F)F)c2)noc1N. The summed E-state index contributed by atoms with van der Waals surface area (Å²) in [7, 11) is 1.13. The highest BCUT2D eigenvalue weighted by Gasteiger charge is 2.31. The molecule has 6 nitrogen and oxygen atoms in total. The average molecular weight is 302 g/mol. The van der Waals surface area contributed by atoms with Crippen molar-refractivity contribution in [2.75, 3.05) is 12.8 Å². The van der Waals surface area contributed by atoms with Crippen LogP contribution in [0.5, 0.6) is 5.75 Å². The Morgan fingerprint density at radius 2 is 2.10 bits per heavy atom. The van der Waals surface area contributed by atoms with E-state index in [2.05, 4.69) is 19.2 Å². The molecule has 1 aromatic heterocycles. The number of methoxy groups -OCH3 is 1. The molecule has 9 heteroatoms. The number of anilines is 1. The topological polar surface area (TPSA) is 87.6 Å². The molecule has 112 valence electrons. The van der Waals surface area contributed by atoms with Crippen LogP contribution in [0.4, 0.5) is 19.1 Å². The number of esters is 1. The zero-order valence-corrected chi connectivity index (χ0v) is 10.6. The third-order valence-corrected chi connectivity index (χ3v) is 2.45. The summed E-state index contributed by atoms with van der Waals surface area (Å²) in [5, 5.41) is 3.55. The number of halogens is 3. The van der Waals surface area contributed by atoms with Crippen LogP contribution in [0, 0.1) is 0 Å². The highest BCUT2D eigenvalue weighted by molar-refractivity contribution is 6.00. The van der Waals surface area contributed by atoms with E-state index in [0.717, 1.165) is 19.2 Å². The first-order chi connectivity index (χ1) is 9.81. The van der Waals surface area contributed by atoms with Crippen molar-refractivity contribution >= 4 is 11.9 Å². The summed E-state index contributed by atoms with van der Waals surface area (Å²) in [6, 6.07) is 4.89. The van der Waals surface area contributed by atoms with Crippen molar-refractivity contribution in [1.29, 1.82) is 0 Å². The average Bonchev–Trinajstić information content (AvgIpc) is 2.78. The van der Waals surface area contributed by atoms with Gasteiger partial charge >= 0.3 is 12.3 Å². The fourth-order valence-corrected chi connectivity index (χ4v) is 1.64. The highest BCUT2D eigenvalue weighted by atomic mass is 19.4.